The minimum atomic E-state index is -4.02. The second-order valence-electron chi connectivity index (χ2n) is 4.12. The van der Waals surface area contributed by atoms with Gasteiger partial charge in [-0.2, -0.15) is 13.7 Å². The maximum absolute atomic E-state index is 12.0. The van der Waals surface area contributed by atoms with Crippen molar-refractivity contribution in [3.63, 3.8) is 0 Å². The highest BCUT2D eigenvalue weighted by Crippen LogP contribution is 2.24. The lowest BCUT2D eigenvalue weighted by atomic mass is 10.2. The number of phenols is 1. The van der Waals surface area contributed by atoms with Gasteiger partial charge in [-0.05, 0) is 42.8 Å². The van der Waals surface area contributed by atoms with E-state index in [9.17, 15) is 13.5 Å². The molecule has 102 valence electrons. The third-order valence-electron chi connectivity index (χ3n) is 2.66. The molecule has 2 aromatic carbocycles. The quantitative estimate of drug-likeness (QED) is 0.876. The van der Waals surface area contributed by atoms with Gasteiger partial charge < -0.3 is 9.29 Å². The average Bonchev–Trinajstić information content (AvgIpc) is 2.42. The number of nitrogens with zero attached hydrogens (tertiary/aromatic N) is 1. The van der Waals surface area contributed by atoms with E-state index < -0.39 is 10.1 Å². The summed E-state index contributed by atoms with van der Waals surface area (Å²) in [6.07, 6.45) is 0. The predicted octanol–water partition coefficient (Wildman–Crippen LogP) is 2.34. The molecule has 1 N–H and O–H groups in total. The first-order valence-corrected chi connectivity index (χ1v) is 7.07. The number of hydrogen-bond donors (Lipinski definition) is 1. The van der Waals surface area contributed by atoms with Gasteiger partial charge in [-0.25, -0.2) is 0 Å². The van der Waals surface area contributed by atoms with Crippen molar-refractivity contribution in [1.82, 2.24) is 0 Å². The molecule has 6 heteroatoms. The molecule has 0 aliphatic carbocycles. The molecule has 0 atom stereocenters. The molecule has 0 spiro atoms. The lowest BCUT2D eigenvalue weighted by Gasteiger charge is -2.08. The first-order valence-electron chi connectivity index (χ1n) is 5.66. The Labute approximate surface area is 116 Å². The van der Waals surface area contributed by atoms with Crippen LogP contribution in [0.2, 0.25) is 0 Å². The third kappa shape index (κ3) is 2.90. The second kappa shape index (κ2) is 5.23. The molecule has 0 aliphatic heterocycles. The molecule has 0 aliphatic rings. The molecular weight excluding hydrogens is 278 g/mol. The van der Waals surface area contributed by atoms with Crippen LogP contribution >= 0.6 is 0 Å². The highest BCUT2D eigenvalue weighted by Gasteiger charge is 2.17. The first-order chi connectivity index (χ1) is 9.42. The van der Waals surface area contributed by atoms with Gasteiger partial charge in [0.1, 0.15) is 16.4 Å². The molecule has 20 heavy (non-hydrogen) atoms. The van der Waals surface area contributed by atoms with E-state index in [0.717, 1.165) is 6.07 Å². The Morgan fingerprint density at radius 1 is 1.15 bits per heavy atom. The molecule has 0 radical (unpaired) electrons. The molecule has 0 unspecified atom stereocenters. The van der Waals surface area contributed by atoms with E-state index in [0.29, 0.717) is 11.1 Å². The van der Waals surface area contributed by atoms with Crippen molar-refractivity contribution in [3.8, 4) is 17.6 Å². The lowest BCUT2D eigenvalue weighted by Crippen LogP contribution is -2.09. The number of phenolic OH excluding ortho intramolecular Hbond substituents is 1. The van der Waals surface area contributed by atoms with E-state index in [-0.39, 0.29) is 16.4 Å². The van der Waals surface area contributed by atoms with Crippen molar-refractivity contribution in [2.24, 2.45) is 0 Å². The van der Waals surface area contributed by atoms with Crippen LogP contribution in [0.1, 0.15) is 11.1 Å². The molecule has 2 rings (SSSR count). The Morgan fingerprint density at radius 2 is 1.80 bits per heavy atom. The number of rotatable bonds is 3. The van der Waals surface area contributed by atoms with Gasteiger partial charge in [0, 0.05) is 6.07 Å². The zero-order valence-electron chi connectivity index (χ0n) is 10.6. The lowest BCUT2D eigenvalue weighted by molar-refractivity contribution is 0.464. The van der Waals surface area contributed by atoms with Gasteiger partial charge in [-0.1, -0.05) is 6.07 Å². The highest BCUT2D eigenvalue weighted by molar-refractivity contribution is 7.87. The summed E-state index contributed by atoms with van der Waals surface area (Å²) in [5, 5.41) is 18.2. The van der Waals surface area contributed by atoms with Crippen molar-refractivity contribution in [1.29, 1.82) is 5.26 Å². The van der Waals surface area contributed by atoms with Gasteiger partial charge >= 0.3 is 10.1 Å². The Bertz CT molecular complexity index is 774. The van der Waals surface area contributed by atoms with E-state index in [1.165, 1.54) is 36.4 Å². The van der Waals surface area contributed by atoms with E-state index in [4.69, 9.17) is 9.44 Å². The van der Waals surface area contributed by atoms with Gasteiger partial charge in [0.2, 0.25) is 0 Å². The summed E-state index contributed by atoms with van der Waals surface area (Å²) in [4.78, 5) is -0.134. The molecule has 0 fully saturated rings. The number of aromatic hydroxyl groups is 1. The minimum Gasteiger partial charge on any atom is -0.508 e. The SMILES string of the molecule is Cc1ccc(S(=O)(=O)Oc2ccc(C#N)cc2)cc1O. The van der Waals surface area contributed by atoms with Gasteiger partial charge in [-0.15, -0.1) is 0 Å². The zero-order valence-corrected chi connectivity index (χ0v) is 11.4. The number of benzene rings is 2. The van der Waals surface area contributed by atoms with Crippen LogP contribution in [0.5, 0.6) is 11.5 Å². The molecule has 0 amide bonds. The summed E-state index contributed by atoms with van der Waals surface area (Å²) in [7, 11) is -4.02. The van der Waals surface area contributed by atoms with Gasteiger partial charge in [0.15, 0.2) is 0 Å². The summed E-state index contributed by atoms with van der Waals surface area (Å²) in [6, 6.07) is 11.6. The van der Waals surface area contributed by atoms with Crippen molar-refractivity contribution >= 4 is 10.1 Å². The predicted molar refractivity (Wildman–Crippen MR) is 71.8 cm³/mol. The number of aryl methyl sites for hydroxylation is 1. The smallest absolute Gasteiger partial charge is 0.339 e. The fraction of sp³-hybridized carbons (Fsp3) is 0.0714. The van der Waals surface area contributed by atoms with Crippen molar-refractivity contribution in [2.75, 3.05) is 0 Å². The first kappa shape index (κ1) is 13.9. The van der Waals surface area contributed by atoms with Crippen LogP contribution in [0, 0.1) is 18.3 Å². The average molecular weight is 289 g/mol. The number of hydrogen-bond acceptors (Lipinski definition) is 5. The van der Waals surface area contributed by atoms with Crippen LogP contribution in [-0.2, 0) is 10.1 Å². The Hall–Kier alpha value is -2.52. The van der Waals surface area contributed by atoms with Crippen molar-refractivity contribution in [2.45, 2.75) is 11.8 Å². The molecule has 2 aromatic rings. The molecule has 0 saturated carbocycles. The van der Waals surface area contributed by atoms with Crippen LogP contribution in [-0.4, -0.2) is 13.5 Å². The van der Waals surface area contributed by atoms with Crippen LogP contribution in [0.25, 0.3) is 0 Å². The summed E-state index contributed by atoms with van der Waals surface area (Å²) in [5.74, 6) is -0.0152. The minimum absolute atomic E-state index is 0.101. The van der Waals surface area contributed by atoms with E-state index >= 15 is 0 Å². The van der Waals surface area contributed by atoms with Gasteiger partial charge in [0.25, 0.3) is 0 Å². The van der Waals surface area contributed by atoms with Crippen molar-refractivity contribution < 1.29 is 17.7 Å². The summed E-state index contributed by atoms with van der Waals surface area (Å²) in [5.41, 5.74) is 0.977. The Balaban J connectivity index is 2.30. The molecule has 0 saturated heterocycles. The van der Waals surface area contributed by atoms with Crippen LogP contribution in [0.3, 0.4) is 0 Å². The normalized spacial score (nSPS) is 10.8. The standard InChI is InChI=1S/C14H11NO4S/c1-10-2-7-13(8-14(10)16)20(17,18)19-12-5-3-11(9-15)4-6-12/h2-8,16H,1H3. The topological polar surface area (TPSA) is 87.4 Å². The Kier molecular flexibility index (Phi) is 3.63. The van der Waals surface area contributed by atoms with Crippen LogP contribution in [0.15, 0.2) is 47.4 Å². The van der Waals surface area contributed by atoms with E-state index in [1.807, 2.05) is 6.07 Å². The van der Waals surface area contributed by atoms with E-state index in [2.05, 4.69) is 0 Å². The van der Waals surface area contributed by atoms with E-state index in [1.54, 1.807) is 6.92 Å². The van der Waals surface area contributed by atoms with Crippen LogP contribution < -0.4 is 4.18 Å². The van der Waals surface area contributed by atoms with Crippen molar-refractivity contribution in [3.05, 3.63) is 53.6 Å². The second-order valence-corrected chi connectivity index (χ2v) is 5.67. The maximum Gasteiger partial charge on any atom is 0.339 e. The third-order valence-corrected chi connectivity index (χ3v) is 3.90. The zero-order chi connectivity index (χ0) is 14.8. The largest absolute Gasteiger partial charge is 0.508 e. The molecule has 5 nitrogen and oxygen atoms in total. The monoisotopic (exact) mass is 289 g/mol. The maximum atomic E-state index is 12.0. The molecule has 0 bridgehead atoms. The summed E-state index contributed by atoms with van der Waals surface area (Å²) >= 11 is 0. The highest BCUT2D eigenvalue weighted by atomic mass is 32.2. The number of nitriles is 1. The summed E-state index contributed by atoms with van der Waals surface area (Å²) < 4.78 is 29.0. The van der Waals surface area contributed by atoms with Gasteiger partial charge in [-0.3, -0.25) is 0 Å². The molecular formula is C14H11NO4S. The fourth-order valence-electron chi connectivity index (χ4n) is 1.50. The summed E-state index contributed by atoms with van der Waals surface area (Å²) in [6.45, 7) is 1.66. The van der Waals surface area contributed by atoms with Gasteiger partial charge in [0.05, 0.1) is 11.6 Å². The van der Waals surface area contributed by atoms with Crippen LogP contribution in [0.4, 0.5) is 0 Å². The molecule has 0 heterocycles. The fourth-order valence-corrected chi connectivity index (χ4v) is 2.46. The Morgan fingerprint density at radius 3 is 2.35 bits per heavy atom. The molecule has 0 aromatic heterocycles.